The van der Waals surface area contributed by atoms with Crippen molar-refractivity contribution in [2.24, 2.45) is 0 Å². The van der Waals surface area contributed by atoms with E-state index >= 15 is 0 Å². The Bertz CT molecular complexity index is 755. The van der Waals surface area contributed by atoms with Crippen molar-refractivity contribution in [2.75, 3.05) is 31.5 Å². The van der Waals surface area contributed by atoms with Crippen LogP contribution in [0.15, 0.2) is 24.3 Å². The number of amides is 2. The van der Waals surface area contributed by atoms with Crippen LogP contribution in [0.2, 0.25) is 0 Å². The first-order valence-corrected chi connectivity index (χ1v) is 9.40. The molecule has 0 spiro atoms. The highest BCUT2D eigenvalue weighted by Gasteiger charge is 2.41. The first-order valence-electron chi connectivity index (χ1n) is 7.90. The number of alkyl halides is 3. The highest BCUT2D eigenvalue weighted by atomic mass is 32.2. The Morgan fingerprint density at radius 3 is 2.32 bits per heavy atom. The summed E-state index contributed by atoms with van der Waals surface area (Å²) in [5.41, 5.74) is -0.793. The predicted molar refractivity (Wildman–Crippen MR) is 85.6 cm³/mol. The molecular formula is C15H18F3N3O3S. The fraction of sp³-hybridized carbons (Fsp3) is 0.533. The number of nitrogens with one attached hydrogen (secondary N) is 1. The molecule has 1 aliphatic carbocycles. The van der Waals surface area contributed by atoms with Crippen LogP contribution in [0.5, 0.6) is 0 Å². The monoisotopic (exact) mass is 377 g/mol. The number of piperazine rings is 1. The van der Waals surface area contributed by atoms with Gasteiger partial charge >= 0.3 is 12.2 Å². The number of carbonyl (C=O) groups is 1. The van der Waals surface area contributed by atoms with E-state index in [-0.39, 0.29) is 37.1 Å². The van der Waals surface area contributed by atoms with Gasteiger partial charge in [-0.2, -0.15) is 17.5 Å². The summed E-state index contributed by atoms with van der Waals surface area (Å²) in [6.07, 6.45) is -3.12. The second kappa shape index (κ2) is 6.49. The predicted octanol–water partition coefficient (Wildman–Crippen LogP) is 2.35. The summed E-state index contributed by atoms with van der Waals surface area (Å²) in [5, 5.41) is 2.14. The van der Waals surface area contributed by atoms with Crippen LogP contribution in [0, 0.1) is 0 Å². The van der Waals surface area contributed by atoms with E-state index in [0.717, 1.165) is 12.1 Å². The number of sulfonamides is 1. The van der Waals surface area contributed by atoms with Crippen LogP contribution in [0.4, 0.5) is 23.7 Å². The van der Waals surface area contributed by atoms with Gasteiger partial charge in [0.2, 0.25) is 10.0 Å². The molecule has 1 saturated carbocycles. The smallest absolute Gasteiger partial charge is 0.322 e. The maximum absolute atomic E-state index is 12.7. The number of carbonyl (C=O) groups excluding carboxylic acids is 1. The molecule has 1 aromatic rings. The molecule has 2 amide bonds. The summed E-state index contributed by atoms with van der Waals surface area (Å²) in [6.45, 7) is 0.817. The SMILES string of the molecule is O=C(Nc1cccc(C(F)(F)F)c1)N1CCN(S(=O)(=O)C2CC2)CC1. The molecule has 10 heteroatoms. The summed E-state index contributed by atoms with van der Waals surface area (Å²) < 4.78 is 63.8. The van der Waals surface area contributed by atoms with Crippen LogP contribution in [0.1, 0.15) is 18.4 Å². The fourth-order valence-electron chi connectivity index (χ4n) is 2.70. The highest BCUT2D eigenvalue weighted by Crippen LogP contribution is 2.32. The molecule has 25 heavy (non-hydrogen) atoms. The van der Waals surface area contributed by atoms with E-state index < -0.39 is 27.8 Å². The number of hydrogen-bond donors (Lipinski definition) is 1. The van der Waals surface area contributed by atoms with Crippen LogP contribution in [-0.4, -0.2) is 55.1 Å². The zero-order chi connectivity index (χ0) is 18.2. The fourth-order valence-corrected chi connectivity index (χ4v) is 4.52. The third kappa shape index (κ3) is 4.06. The normalized spacial score (nSPS) is 19.7. The minimum absolute atomic E-state index is 0.0489. The Morgan fingerprint density at radius 1 is 1.12 bits per heavy atom. The van der Waals surface area contributed by atoms with Crippen LogP contribution < -0.4 is 5.32 Å². The Balaban J connectivity index is 1.58. The van der Waals surface area contributed by atoms with E-state index in [1.807, 2.05) is 0 Å². The lowest BCUT2D eigenvalue weighted by molar-refractivity contribution is -0.137. The van der Waals surface area contributed by atoms with Crippen molar-refractivity contribution in [3.8, 4) is 0 Å². The average molecular weight is 377 g/mol. The van der Waals surface area contributed by atoms with E-state index in [4.69, 9.17) is 0 Å². The molecular weight excluding hydrogens is 359 g/mol. The molecule has 0 radical (unpaired) electrons. The van der Waals surface area contributed by atoms with Crippen molar-refractivity contribution in [3.05, 3.63) is 29.8 Å². The van der Waals surface area contributed by atoms with Gasteiger partial charge in [-0.1, -0.05) is 6.07 Å². The quantitative estimate of drug-likeness (QED) is 0.879. The summed E-state index contributed by atoms with van der Waals surface area (Å²) in [7, 11) is -3.27. The zero-order valence-corrected chi connectivity index (χ0v) is 14.1. The van der Waals surface area contributed by atoms with Gasteiger partial charge in [-0.25, -0.2) is 13.2 Å². The molecule has 6 nitrogen and oxygen atoms in total. The Morgan fingerprint density at radius 2 is 1.76 bits per heavy atom. The van der Waals surface area contributed by atoms with Gasteiger partial charge in [0.25, 0.3) is 0 Å². The molecule has 0 atom stereocenters. The molecule has 2 fully saturated rings. The number of hydrogen-bond acceptors (Lipinski definition) is 3. The number of urea groups is 1. The van der Waals surface area contributed by atoms with Gasteiger partial charge in [0.05, 0.1) is 10.8 Å². The summed E-state index contributed by atoms with van der Waals surface area (Å²) in [5.74, 6) is 0. The first kappa shape index (κ1) is 18.0. The molecule has 138 valence electrons. The second-order valence-electron chi connectivity index (χ2n) is 6.14. The molecule has 1 saturated heterocycles. The summed E-state index contributed by atoms with van der Waals surface area (Å²) >= 11 is 0. The molecule has 1 N–H and O–H groups in total. The van der Waals surface area contributed by atoms with E-state index in [1.165, 1.54) is 21.3 Å². The van der Waals surface area contributed by atoms with Gasteiger partial charge in [0.1, 0.15) is 0 Å². The van der Waals surface area contributed by atoms with Gasteiger partial charge in [0.15, 0.2) is 0 Å². The maximum Gasteiger partial charge on any atom is 0.416 e. The maximum atomic E-state index is 12.7. The van der Waals surface area contributed by atoms with Gasteiger partial charge in [-0.15, -0.1) is 0 Å². The lowest BCUT2D eigenvalue weighted by atomic mass is 10.2. The van der Waals surface area contributed by atoms with E-state index in [0.29, 0.717) is 12.8 Å². The Kier molecular flexibility index (Phi) is 4.67. The lowest BCUT2D eigenvalue weighted by Crippen LogP contribution is -2.52. The Hall–Kier alpha value is -1.81. The van der Waals surface area contributed by atoms with E-state index in [2.05, 4.69) is 5.32 Å². The van der Waals surface area contributed by atoms with Crippen molar-refractivity contribution in [2.45, 2.75) is 24.3 Å². The van der Waals surface area contributed by atoms with Crippen LogP contribution in [0.3, 0.4) is 0 Å². The van der Waals surface area contributed by atoms with Gasteiger partial charge in [-0.3, -0.25) is 0 Å². The Labute approximate surface area is 143 Å². The van der Waals surface area contributed by atoms with Gasteiger partial charge in [-0.05, 0) is 31.0 Å². The molecule has 1 heterocycles. The molecule has 0 aromatic heterocycles. The third-order valence-corrected chi connectivity index (χ3v) is 6.67. The zero-order valence-electron chi connectivity index (χ0n) is 13.3. The molecule has 0 unspecified atom stereocenters. The van der Waals surface area contributed by atoms with Crippen molar-refractivity contribution >= 4 is 21.7 Å². The second-order valence-corrected chi connectivity index (χ2v) is 8.35. The van der Waals surface area contributed by atoms with E-state index in [9.17, 15) is 26.4 Å². The van der Waals surface area contributed by atoms with Crippen molar-refractivity contribution in [3.63, 3.8) is 0 Å². The third-order valence-electron chi connectivity index (χ3n) is 4.27. The van der Waals surface area contributed by atoms with Gasteiger partial charge in [0, 0.05) is 31.9 Å². The number of halogens is 3. The minimum Gasteiger partial charge on any atom is -0.322 e. The van der Waals surface area contributed by atoms with Crippen LogP contribution >= 0.6 is 0 Å². The van der Waals surface area contributed by atoms with Crippen molar-refractivity contribution in [1.82, 2.24) is 9.21 Å². The lowest BCUT2D eigenvalue weighted by Gasteiger charge is -2.34. The average Bonchev–Trinajstić information content (AvgIpc) is 3.40. The molecule has 3 rings (SSSR count). The van der Waals surface area contributed by atoms with Crippen molar-refractivity contribution in [1.29, 1.82) is 0 Å². The number of benzene rings is 1. The van der Waals surface area contributed by atoms with Crippen LogP contribution in [0.25, 0.3) is 0 Å². The standard InChI is InChI=1S/C15H18F3N3O3S/c16-15(17,18)11-2-1-3-12(10-11)19-14(22)20-6-8-21(9-7-20)25(23,24)13-4-5-13/h1-3,10,13H,4-9H2,(H,19,22). The number of nitrogens with zero attached hydrogens (tertiary/aromatic N) is 2. The minimum atomic E-state index is -4.48. The van der Waals surface area contributed by atoms with Gasteiger partial charge < -0.3 is 10.2 Å². The number of anilines is 1. The topological polar surface area (TPSA) is 69.7 Å². The first-order chi connectivity index (χ1) is 11.7. The molecule has 2 aliphatic rings. The largest absolute Gasteiger partial charge is 0.416 e. The molecule has 0 bridgehead atoms. The van der Waals surface area contributed by atoms with E-state index in [1.54, 1.807) is 0 Å². The highest BCUT2D eigenvalue weighted by molar-refractivity contribution is 7.90. The molecule has 1 aliphatic heterocycles. The summed E-state index contributed by atoms with van der Waals surface area (Å²) in [4.78, 5) is 13.6. The van der Waals surface area contributed by atoms with Crippen molar-refractivity contribution < 1.29 is 26.4 Å². The van der Waals surface area contributed by atoms with Crippen LogP contribution in [-0.2, 0) is 16.2 Å². The number of rotatable bonds is 3. The summed E-state index contributed by atoms with van der Waals surface area (Å²) in [6, 6.07) is 3.85. The molecule has 1 aromatic carbocycles.